The zero-order valence-electron chi connectivity index (χ0n) is 10.6. The van der Waals surface area contributed by atoms with Gasteiger partial charge in [-0.05, 0) is 36.6 Å². The fraction of sp³-hybridized carbons (Fsp3) is 0.312. The molecule has 1 N–H and O–H groups in total. The number of aromatic amines is 1. The van der Waals surface area contributed by atoms with Crippen LogP contribution in [0.25, 0.3) is 10.9 Å². The SMILES string of the molecule is O=C1CCCc2c1[nH]c1ccc(C#CCCCl)cc21. The minimum Gasteiger partial charge on any atom is -0.352 e. The summed E-state index contributed by atoms with van der Waals surface area (Å²) in [6.45, 7) is 0. The molecule has 0 amide bonds. The Hall–Kier alpha value is -1.72. The number of fused-ring (bicyclic) bond motifs is 3. The molecule has 19 heavy (non-hydrogen) atoms. The summed E-state index contributed by atoms with van der Waals surface area (Å²) >= 11 is 5.61. The van der Waals surface area contributed by atoms with E-state index in [1.54, 1.807) is 0 Å². The van der Waals surface area contributed by atoms with Gasteiger partial charge >= 0.3 is 0 Å². The minimum atomic E-state index is 0.229. The van der Waals surface area contributed by atoms with Gasteiger partial charge < -0.3 is 4.98 Å². The fourth-order valence-electron chi connectivity index (χ4n) is 2.59. The van der Waals surface area contributed by atoms with Crippen molar-refractivity contribution in [2.45, 2.75) is 25.7 Å². The molecule has 1 heterocycles. The van der Waals surface area contributed by atoms with Crippen molar-refractivity contribution in [3.8, 4) is 11.8 Å². The Morgan fingerprint density at radius 2 is 2.21 bits per heavy atom. The van der Waals surface area contributed by atoms with Crippen molar-refractivity contribution in [1.82, 2.24) is 4.98 Å². The van der Waals surface area contributed by atoms with Crippen molar-refractivity contribution in [2.75, 3.05) is 5.88 Å². The van der Waals surface area contributed by atoms with Gasteiger partial charge in [0.2, 0.25) is 0 Å². The van der Waals surface area contributed by atoms with Crippen LogP contribution in [0.15, 0.2) is 18.2 Å². The molecule has 0 unspecified atom stereocenters. The Morgan fingerprint density at radius 1 is 1.32 bits per heavy atom. The molecule has 96 valence electrons. The van der Waals surface area contributed by atoms with Gasteiger partial charge in [-0.25, -0.2) is 0 Å². The number of halogens is 1. The number of carbonyl (C=O) groups excluding carboxylic acids is 1. The summed E-state index contributed by atoms with van der Waals surface area (Å²) in [4.78, 5) is 15.1. The molecule has 2 aromatic rings. The highest BCUT2D eigenvalue weighted by Gasteiger charge is 2.21. The van der Waals surface area contributed by atoms with E-state index >= 15 is 0 Å². The first-order valence-electron chi connectivity index (χ1n) is 6.52. The van der Waals surface area contributed by atoms with E-state index in [0.29, 0.717) is 18.7 Å². The fourth-order valence-corrected chi connectivity index (χ4v) is 2.68. The minimum absolute atomic E-state index is 0.229. The molecule has 0 bridgehead atoms. The maximum Gasteiger partial charge on any atom is 0.179 e. The Kier molecular flexibility index (Phi) is 3.31. The van der Waals surface area contributed by atoms with E-state index < -0.39 is 0 Å². The largest absolute Gasteiger partial charge is 0.352 e. The van der Waals surface area contributed by atoms with E-state index in [1.807, 2.05) is 12.1 Å². The molecule has 3 rings (SSSR count). The van der Waals surface area contributed by atoms with Crippen LogP contribution in [0.1, 0.15) is 40.9 Å². The van der Waals surface area contributed by atoms with Crippen molar-refractivity contribution in [1.29, 1.82) is 0 Å². The first-order valence-corrected chi connectivity index (χ1v) is 7.05. The molecule has 1 aliphatic carbocycles. The number of H-pyrrole nitrogens is 1. The van der Waals surface area contributed by atoms with Crippen LogP contribution < -0.4 is 0 Å². The average Bonchev–Trinajstić information content (AvgIpc) is 2.79. The van der Waals surface area contributed by atoms with Crippen LogP contribution in [0, 0.1) is 11.8 Å². The average molecular weight is 272 g/mol. The molecule has 1 aliphatic rings. The van der Waals surface area contributed by atoms with Gasteiger partial charge in [0.1, 0.15) is 0 Å². The molecule has 2 nitrogen and oxygen atoms in total. The molecule has 1 aromatic carbocycles. The normalized spacial score (nSPS) is 14.1. The van der Waals surface area contributed by atoms with Crippen molar-refractivity contribution in [3.05, 3.63) is 35.0 Å². The number of aryl methyl sites for hydroxylation is 1. The van der Waals surface area contributed by atoms with Gasteiger partial charge in [0.25, 0.3) is 0 Å². The summed E-state index contributed by atoms with van der Waals surface area (Å²) in [7, 11) is 0. The lowest BCUT2D eigenvalue weighted by molar-refractivity contribution is 0.0968. The first-order chi connectivity index (χ1) is 9.29. The third kappa shape index (κ3) is 2.27. The maximum absolute atomic E-state index is 11.9. The van der Waals surface area contributed by atoms with Crippen LogP contribution in [-0.2, 0) is 6.42 Å². The third-order valence-electron chi connectivity index (χ3n) is 3.47. The molecular formula is C16H14ClNO. The zero-order chi connectivity index (χ0) is 13.2. The number of nitrogens with one attached hydrogen (secondary N) is 1. The molecule has 0 saturated heterocycles. The number of ketones is 1. The van der Waals surface area contributed by atoms with Gasteiger partial charge in [0.05, 0.1) is 5.69 Å². The molecular weight excluding hydrogens is 258 g/mol. The first kappa shape index (κ1) is 12.3. The van der Waals surface area contributed by atoms with Crippen LogP contribution >= 0.6 is 11.6 Å². The molecule has 0 spiro atoms. The smallest absolute Gasteiger partial charge is 0.179 e. The molecule has 0 aliphatic heterocycles. The zero-order valence-corrected chi connectivity index (χ0v) is 11.3. The Morgan fingerprint density at radius 3 is 3.05 bits per heavy atom. The van der Waals surface area contributed by atoms with Gasteiger partial charge in [0.15, 0.2) is 5.78 Å². The molecule has 0 radical (unpaired) electrons. The quantitative estimate of drug-likeness (QED) is 0.623. The second-order valence-electron chi connectivity index (χ2n) is 4.76. The lowest BCUT2D eigenvalue weighted by atomic mass is 9.94. The molecule has 3 heteroatoms. The van der Waals surface area contributed by atoms with Crippen LogP contribution in [0.5, 0.6) is 0 Å². The lowest BCUT2D eigenvalue weighted by Crippen LogP contribution is -2.09. The van der Waals surface area contributed by atoms with E-state index in [0.717, 1.165) is 40.6 Å². The number of Topliss-reactive ketones (excluding diaryl/α,β-unsaturated/α-hetero) is 1. The number of alkyl halides is 1. The maximum atomic E-state index is 11.9. The summed E-state index contributed by atoms with van der Waals surface area (Å²) in [5.41, 5.74) is 3.97. The number of carbonyl (C=O) groups is 1. The predicted octanol–water partition coefficient (Wildman–Crippen LogP) is 3.67. The van der Waals surface area contributed by atoms with E-state index in [4.69, 9.17) is 11.6 Å². The van der Waals surface area contributed by atoms with E-state index in [2.05, 4.69) is 22.9 Å². The van der Waals surface area contributed by atoms with Crippen LogP contribution in [0.3, 0.4) is 0 Å². The molecule has 0 saturated carbocycles. The van der Waals surface area contributed by atoms with Gasteiger partial charge in [-0.3, -0.25) is 4.79 Å². The highest BCUT2D eigenvalue weighted by molar-refractivity contribution is 6.18. The van der Waals surface area contributed by atoms with Gasteiger partial charge in [-0.2, -0.15) is 0 Å². The second-order valence-corrected chi connectivity index (χ2v) is 5.13. The number of hydrogen-bond donors (Lipinski definition) is 1. The van der Waals surface area contributed by atoms with E-state index in [-0.39, 0.29) is 5.78 Å². The number of hydrogen-bond acceptors (Lipinski definition) is 1. The predicted molar refractivity (Wildman–Crippen MR) is 77.8 cm³/mol. The summed E-state index contributed by atoms with van der Waals surface area (Å²) in [5, 5.41) is 1.14. The number of rotatable bonds is 1. The van der Waals surface area contributed by atoms with Crippen molar-refractivity contribution < 1.29 is 4.79 Å². The highest BCUT2D eigenvalue weighted by Crippen LogP contribution is 2.29. The summed E-state index contributed by atoms with van der Waals surface area (Å²) in [5.74, 6) is 6.94. The Bertz CT molecular complexity index is 703. The molecule has 0 atom stereocenters. The van der Waals surface area contributed by atoms with E-state index in [9.17, 15) is 4.79 Å². The topological polar surface area (TPSA) is 32.9 Å². The highest BCUT2D eigenvalue weighted by atomic mass is 35.5. The van der Waals surface area contributed by atoms with Crippen LogP contribution in [0.4, 0.5) is 0 Å². The number of aromatic nitrogens is 1. The summed E-state index contributed by atoms with van der Waals surface area (Å²) in [6.07, 6.45) is 3.27. The third-order valence-corrected chi connectivity index (χ3v) is 3.66. The molecule has 1 aromatic heterocycles. The van der Waals surface area contributed by atoms with Gasteiger partial charge in [-0.1, -0.05) is 11.8 Å². The van der Waals surface area contributed by atoms with E-state index in [1.165, 1.54) is 0 Å². The van der Waals surface area contributed by atoms with Crippen molar-refractivity contribution in [3.63, 3.8) is 0 Å². The summed E-state index contributed by atoms with van der Waals surface area (Å²) < 4.78 is 0. The number of benzene rings is 1. The Balaban J connectivity index is 2.08. The van der Waals surface area contributed by atoms with Crippen LogP contribution in [-0.4, -0.2) is 16.6 Å². The van der Waals surface area contributed by atoms with Gasteiger partial charge in [0, 0.05) is 35.2 Å². The monoisotopic (exact) mass is 271 g/mol. The summed E-state index contributed by atoms with van der Waals surface area (Å²) in [6, 6.07) is 6.06. The van der Waals surface area contributed by atoms with Gasteiger partial charge in [-0.15, -0.1) is 11.6 Å². The standard InChI is InChI=1S/C16H14ClNO/c17-9-2-1-4-11-7-8-14-13(10-11)12-5-3-6-15(19)16(12)18-14/h7-8,10,18H,2-3,5-6,9H2. The van der Waals surface area contributed by atoms with Crippen molar-refractivity contribution in [2.24, 2.45) is 0 Å². The lowest BCUT2D eigenvalue weighted by Gasteiger charge is -2.09. The Labute approximate surface area is 117 Å². The second kappa shape index (κ2) is 5.11. The van der Waals surface area contributed by atoms with Crippen LogP contribution in [0.2, 0.25) is 0 Å². The van der Waals surface area contributed by atoms with Crippen molar-refractivity contribution >= 4 is 28.3 Å². The molecule has 0 fully saturated rings.